The van der Waals surface area contributed by atoms with E-state index in [-0.39, 0.29) is 22.8 Å². The molecule has 2 aromatic rings. The van der Waals surface area contributed by atoms with Gasteiger partial charge in [0.1, 0.15) is 0 Å². The molecule has 1 aliphatic rings. The van der Waals surface area contributed by atoms with Crippen LogP contribution in [-0.4, -0.2) is 54.4 Å². The summed E-state index contributed by atoms with van der Waals surface area (Å²) in [5.41, 5.74) is 2.71. The molecule has 0 saturated carbocycles. The van der Waals surface area contributed by atoms with Gasteiger partial charge in [-0.2, -0.15) is 4.31 Å². The third-order valence-electron chi connectivity index (χ3n) is 5.96. The van der Waals surface area contributed by atoms with Crippen molar-refractivity contribution in [3.05, 3.63) is 52.3 Å². The number of aromatic amines is 1. The lowest BCUT2D eigenvalue weighted by atomic mass is 10.0. The van der Waals surface area contributed by atoms with Gasteiger partial charge in [-0.3, -0.25) is 14.4 Å². The molecule has 0 bridgehead atoms. The van der Waals surface area contributed by atoms with Crippen LogP contribution in [0.1, 0.15) is 70.8 Å². The second kappa shape index (κ2) is 10.0. The first-order chi connectivity index (χ1) is 15.5. The van der Waals surface area contributed by atoms with Gasteiger partial charge in [0.2, 0.25) is 15.8 Å². The Hall–Kier alpha value is -2.78. The zero-order valence-electron chi connectivity index (χ0n) is 19.4. The number of aromatic nitrogens is 1. The predicted octanol–water partition coefficient (Wildman–Crippen LogP) is 3.37. The van der Waals surface area contributed by atoms with Crippen LogP contribution in [0.4, 0.5) is 0 Å². The zero-order chi connectivity index (χ0) is 24.3. The molecule has 0 spiro atoms. The number of nitrogens with one attached hydrogen (secondary N) is 1. The number of aryl methyl sites for hydroxylation is 2. The number of benzene rings is 1. The van der Waals surface area contributed by atoms with Crippen LogP contribution >= 0.6 is 0 Å². The van der Waals surface area contributed by atoms with Crippen molar-refractivity contribution in [1.82, 2.24) is 9.29 Å². The molecule has 1 saturated heterocycles. The molecule has 3 rings (SSSR count). The lowest BCUT2D eigenvalue weighted by Crippen LogP contribution is -2.27. The highest BCUT2D eigenvalue weighted by atomic mass is 32.2. The molecule has 1 aliphatic heterocycles. The molecule has 0 amide bonds. The van der Waals surface area contributed by atoms with Gasteiger partial charge in [0.15, 0.2) is 11.9 Å². The molecular formula is C24H30N2O6S. The Labute approximate surface area is 194 Å². The van der Waals surface area contributed by atoms with Gasteiger partial charge in [-0.05, 0) is 70.2 Å². The van der Waals surface area contributed by atoms with Crippen LogP contribution in [0.15, 0.2) is 29.2 Å². The first kappa shape index (κ1) is 24.9. The molecule has 1 aromatic carbocycles. The molecule has 2 heterocycles. The Morgan fingerprint density at radius 2 is 1.70 bits per heavy atom. The molecule has 8 nitrogen and oxygen atoms in total. The molecule has 1 unspecified atom stereocenters. The fourth-order valence-corrected chi connectivity index (χ4v) is 5.71. The van der Waals surface area contributed by atoms with E-state index >= 15 is 0 Å². The van der Waals surface area contributed by atoms with Gasteiger partial charge in [-0.25, -0.2) is 8.42 Å². The number of H-pyrrole nitrogens is 1. The third-order valence-corrected chi connectivity index (χ3v) is 7.87. The van der Waals surface area contributed by atoms with Crippen molar-refractivity contribution in [3.63, 3.8) is 0 Å². The Bertz CT molecular complexity index is 1160. The molecule has 0 radical (unpaired) electrons. The number of carbonyl (C=O) groups excluding carboxylic acids is 3. The number of esters is 1. The fraction of sp³-hybridized carbons (Fsp3) is 0.458. The third kappa shape index (κ3) is 5.42. The molecule has 1 fully saturated rings. The number of hydrogen-bond acceptors (Lipinski definition) is 6. The van der Waals surface area contributed by atoms with Gasteiger partial charge in [-0.15, -0.1) is 0 Å². The van der Waals surface area contributed by atoms with Gasteiger partial charge in [0.05, 0.1) is 10.6 Å². The van der Waals surface area contributed by atoms with Crippen LogP contribution in [0.2, 0.25) is 0 Å². The van der Waals surface area contributed by atoms with Crippen molar-refractivity contribution >= 4 is 27.6 Å². The standard InChI is InChI=1S/C24H30N2O6S/c1-15-22(17(3)27)16(2)25-23(15)24(29)18(4)32-21(28)12-9-19-7-10-20(11-8-19)33(30,31)26-13-5-6-14-26/h7-8,10-11,18,25H,5-6,9,12-14H2,1-4H3. The summed E-state index contributed by atoms with van der Waals surface area (Å²) < 4.78 is 32.0. The van der Waals surface area contributed by atoms with Crippen LogP contribution in [-0.2, 0) is 26.0 Å². The van der Waals surface area contributed by atoms with Crippen molar-refractivity contribution in [2.45, 2.75) is 64.4 Å². The van der Waals surface area contributed by atoms with Crippen molar-refractivity contribution in [3.8, 4) is 0 Å². The van der Waals surface area contributed by atoms with Gasteiger partial charge >= 0.3 is 5.97 Å². The number of ether oxygens (including phenoxy) is 1. The lowest BCUT2D eigenvalue weighted by molar-refractivity contribution is -0.146. The van der Waals surface area contributed by atoms with E-state index in [1.807, 2.05) is 0 Å². The average Bonchev–Trinajstić information content (AvgIpc) is 3.40. The predicted molar refractivity (Wildman–Crippen MR) is 123 cm³/mol. The summed E-state index contributed by atoms with van der Waals surface area (Å²) in [5.74, 6) is -1.06. The number of Topliss-reactive ketones (excluding diaryl/α,β-unsaturated/α-hetero) is 2. The normalized spacial score (nSPS) is 15.4. The summed E-state index contributed by atoms with van der Waals surface area (Å²) in [7, 11) is -3.47. The van der Waals surface area contributed by atoms with E-state index in [0.29, 0.717) is 36.3 Å². The van der Waals surface area contributed by atoms with E-state index in [0.717, 1.165) is 18.4 Å². The lowest BCUT2D eigenvalue weighted by Gasteiger charge is -2.15. The van der Waals surface area contributed by atoms with E-state index in [1.54, 1.807) is 38.1 Å². The van der Waals surface area contributed by atoms with Crippen LogP contribution in [0, 0.1) is 13.8 Å². The molecule has 33 heavy (non-hydrogen) atoms. The topological polar surface area (TPSA) is 114 Å². The average molecular weight is 475 g/mol. The van der Waals surface area contributed by atoms with Crippen molar-refractivity contribution in [1.29, 1.82) is 0 Å². The number of sulfonamides is 1. The summed E-state index contributed by atoms with van der Waals surface area (Å²) in [4.78, 5) is 40.0. The van der Waals surface area contributed by atoms with E-state index in [1.165, 1.54) is 18.2 Å². The minimum atomic E-state index is -3.47. The van der Waals surface area contributed by atoms with E-state index in [2.05, 4.69) is 4.98 Å². The monoisotopic (exact) mass is 474 g/mol. The number of hydrogen-bond donors (Lipinski definition) is 1. The molecule has 1 atom stereocenters. The largest absolute Gasteiger partial charge is 0.454 e. The number of carbonyl (C=O) groups is 3. The van der Waals surface area contributed by atoms with E-state index < -0.39 is 27.9 Å². The maximum atomic E-state index is 12.7. The molecule has 0 aliphatic carbocycles. The summed E-state index contributed by atoms with van der Waals surface area (Å²) in [5, 5.41) is 0. The summed E-state index contributed by atoms with van der Waals surface area (Å²) >= 11 is 0. The van der Waals surface area contributed by atoms with Crippen molar-refractivity contribution in [2.24, 2.45) is 0 Å². The van der Waals surface area contributed by atoms with Crippen LogP contribution in [0.5, 0.6) is 0 Å². The van der Waals surface area contributed by atoms with Gasteiger partial charge in [0, 0.05) is 30.8 Å². The fourth-order valence-electron chi connectivity index (χ4n) is 4.19. The Kier molecular flexibility index (Phi) is 7.54. The Morgan fingerprint density at radius 1 is 1.09 bits per heavy atom. The number of nitrogens with zero attached hydrogens (tertiary/aromatic N) is 1. The second-order valence-corrected chi connectivity index (χ2v) is 10.4. The van der Waals surface area contributed by atoms with Crippen molar-refractivity contribution in [2.75, 3.05) is 13.1 Å². The number of rotatable bonds is 9. The minimum absolute atomic E-state index is 0.0529. The molecule has 9 heteroatoms. The minimum Gasteiger partial charge on any atom is -0.454 e. The smallest absolute Gasteiger partial charge is 0.306 e. The molecule has 178 valence electrons. The van der Waals surface area contributed by atoms with Crippen LogP contribution in [0.3, 0.4) is 0 Å². The number of ketones is 2. The van der Waals surface area contributed by atoms with Gasteiger partial charge < -0.3 is 9.72 Å². The maximum Gasteiger partial charge on any atom is 0.306 e. The first-order valence-corrected chi connectivity index (χ1v) is 12.5. The molecular weight excluding hydrogens is 444 g/mol. The van der Waals surface area contributed by atoms with Crippen LogP contribution < -0.4 is 0 Å². The highest BCUT2D eigenvalue weighted by Gasteiger charge is 2.27. The zero-order valence-corrected chi connectivity index (χ0v) is 20.3. The molecule has 1 aromatic heterocycles. The van der Waals surface area contributed by atoms with E-state index in [9.17, 15) is 22.8 Å². The Morgan fingerprint density at radius 3 is 2.24 bits per heavy atom. The quantitative estimate of drug-likeness (QED) is 0.440. The van der Waals surface area contributed by atoms with Crippen molar-refractivity contribution < 1.29 is 27.5 Å². The molecule has 1 N–H and O–H groups in total. The van der Waals surface area contributed by atoms with Crippen LogP contribution in [0.25, 0.3) is 0 Å². The van der Waals surface area contributed by atoms with E-state index in [4.69, 9.17) is 4.74 Å². The van der Waals surface area contributed by atoms with Gasteiger partial charge in [-0.1, -0.05) is 12.1 Å². The summed E-state index contributed by atoms with van der Waals surface area (Å²) in [6.45, 7) is 7.44. The highest BCUT2D eigenvalue weighted by Crippen LogP contribution is 2.22. The summed E-state index contributed by atoms with van der Waals surface area (Å²) in [6.07, 6.45) is 1.17. The second-order valence-electron chi connectivity index (χ2n) is 8.43. The maximum absolute atomic E-state index is 12.7. The Balaban J connectivity index is 1.56. The first-order valence-electron chi connectivity index (χ1n) is 11.0. The SMILES string of the molecule is CC(=O)c1c(C)[nH]c(C(=O)C(C)OC(=O)CCc2ccc(S(=O)(=O)N3CCCC3)cc2)c1C. The highest BCUT2D eigenvalue weighted by molar-refractivity contribution is 7.89. The van der Waals surface area contributed by atoms with Gasteiger partial charge in [0.25, 0.3) is 0 Å². The summed E-state index contributed by atoms with van der Waals surface area (Å²) in [6, 6.07) is 6.51.